The maximum absolute atomic E-state index is 11.4. The Morgan fingerprint density at radius 1 is 0.944 bits per heavy atom. The summed E-state index contributed by atoms with van der Waals surface area (Å²) < 4.78 is 10.6. The van der Waals surface area contributed by atoms with Gasteiger partial charge in [-0.15, -0.1) is 0 Å². The summed E-state index contributed by atoms with van der Waals surface area (Å²) in [5.74, 6) is 1.61. The van der Waals surface area contributed by atoms with E-state index in [1.807, 2.05) is 37.3 Å². The second-order valence-electron chi connectivity index (χ2n) is 8.11. The lowest BCUT2D eigenvalue weighted by Gasteiger charge is -2.09. The fraction of sp³-hybridized carbons (Fsp3) is 0.125. The van der Waals surface area contributed by atoms with Gasteiger partial charge in [-0.25, -0.2) is 9.61 Å². The minimum absolute atomic E-state index is 0.0446. The molecule has 2 N–H and O–H groups in total. The summed E-state index contributed by atoms with van der Waals surface area (Å²) >= 11 is 0. The molecule has 12 heteroatoms. The van der Waals surface area contributed by atoms with Gasteiger partial charge < -0.3 is 9.73 Å². The Morgan fingerprint density at radius 2 is 1.67 bits per heavy atom. The van der Waals surface area contributed by atoms with E-state index in [0.29, 0.717) is 34.3 Å². The minimum Gasteiger partial charge on any atom is -0.455 e. The molecule has 0 aliphatic heterocycles. The lowest BCUT2D eigenvalue weighted by molar-refractivity contribution is -0.385. The summed E-state index contributed by atoms with van der Waals surface area (Å²) in [5, 5.41) is 26.2. The number of nitro groups is 1. The highest BCUT2D eigenvalue weighted by Crippen LogP contribution is 2.32. The van der Waals surface area contributed by atoms with Gasteiger partial charge in [-0.2, -0.15) is 10.1 Å². The second-order valence-corrected chi connectivity index (χ2v) is 8.11. The molecule has 0 saturated heterocycles. The van der Waals surface area contributed by atoms with Crippen LogP contribution in [-0.2, 0) is 0 Å². The SMILES string of the molecule is Cc1ccc(Nc2nc3nonc3nc2NN=Cc2ccc(-c3cc(C)cc([N+](=O)[O-])c3C)o2)cc1. The Labute approximate surface area is 204 Å². The van der Waals surface area contributed by atoms with Crippen molar-refractivity contribution in [1.82, 2.24) is 20.3 Å². The zero-order valence-electron chi connectivity index (χ0n) is 19.5. The van der Waals surface area contributed by atoms with Crippen LogP contribution in [0, 0.1) is 30.9 Å². The number of nitro benzene ring substituents is 1. The molecule has 180 valence electrons. The van der Waals surface area contributed by atoms with E-state index in [1.54, 1.807) is 32.0 Å². The molecule has 12 nitrogen and oxygen atoms in total. The smallest absolute Gasteiger partial charge is 0.273 e. The van der Waals surface area contributed by atoms with Crippen LogP contribution >= 0.6 is 0 Å². The van der Waals surface area contributed by atoms with E-state index in [-0.39, 0.29) is 17.0 Å². The minimum atomic E-state index is -0.397. The zero-order chi connectivity index (χ0) is 25.2. The summed E-state index contributed by atoms with van der Waals surface area (Å²) in [6.45, 7) is 5.50. The van der Waals surface area contributed by atoms with Crippen molar-refractivity contribution >= 4 is 40.5 Å². The van der Waals surface area contributed by atoms with E-state index in [2.05, 4.69) is 36.1 Å². The Kier molecular flexibility index (Phi) is 5.82. The monoisotopic (exact) mass is 484 g/mol. The van der Waals surface area contributed by atoms with E-state index in [0.717, 1.165) is 16.8 Å². The number of hydrogen-bond acceptors (Lipinski definition) is 11. The van der Waals surface area contributed by atoms with Gasteiger partial charge in [0.25, 0.3) is 5.69 Å². The molecule has 0 aliphatic rings. The Bertz CT molecular complexity index is 1600. The van der Waals surface area contributed by atoms with Gasteiger partial charge in [0.2, 0.25) is 11.3 Å². The summed E-state index contributed by atoms with van der Waals surface area (Å²) in [5.41, 5.74) is 7.22. The maximum Gasteiger partial charge on any atom is 0.273 e. The molecule has 0 spiro atoms. The highest BCUT2D eigenvalue weighted by atomic mass is 16.6. The highest BCUT2D eigenvalue weighted by Gasteiger charge is 2.18. The number of anilines is 3. The molecule has 0 bridgehead atoms. The van der Waals surface area contributed by atoms with Crippen LogP contribution in [0.1, 0.15) is 22.5 Å². The van der Waals surface area contributed by atoms with E-state index in [4.69, 9.17) is 9.05 Å². The molecule has 0 saturated carbocycles. The third-order valence-electron chi connectivity index (χ3n) is 5.40. The standard InChI is InChI=1S/C24H20N8O4/c1-13-4-6-16(7-5-13)26-21-22(28-24-23(27-21)30-36-31-24)29-25-12-17-8-9-20(35-17)18-10-14(2)11-19(15(18)3)32(33)34/h4-12H,1-3H3,(H,26,27,30)(H,28,29,31). The lowest BCUT2D eigenvalue weighted by atomic mass is 10.0. The summed E-state index contributed by atoms with van der Waals surface area (Å²) in [6, 6.07) is 14.6. The van der Waals surface area contributed by atoms with Crippen LogP contribution in [0.4, 0.5) is 23.0 Å². The van der Waals surface area contributed by atoms with E-state index >= 15 is 0 Å². The van der Waals surface area contributed by atoms with Gasteiger partial charge in [-0.05, 0) is 67.0 Å². The van der Waals surface area contributed by atoms with Gasteiger partial charge in [-0.3, -0.25) is 15.5 Å². The number of fused-ring (bicyclic) bond motifs is 1. The molecule has 2 aromatic carbocycles. The van der Waals surface area contributed by atoms with Crippen LogP contribution in [0.5, 0.6) is 0 Å². The largest absolute Gasteiger partial charge is 0.455 e. The Balaban J connectivity index is 1.39. The summed E-state index contributed by atoms with van der Waals surface area (Å²) in [7, 11) is 0. The molecule has 5 rings (SSSR count). The maximum atomic E-state index is 11.4. The first-order valence-electron chi connectivity index (χ1n) is 10.9. The van der Waals surface area contributed by atoms with Crippen molar-refractivity contribution in [3.63, 3.8) is 0 Å². The number of benzene rings is 2. The van der Waals surface area contributed by atoms with Crippen molar-refractivity contribution < 1.29 is 14.0 Å². The lowest BCUT2D eigenvalue weighted by Crippen LogP contribution is -2.03. The zero-order valence-corrected chi connectivity index (χ0v) is 19.5. The first kappa shape index (κ1) is 22.7. The normalized spacial score (nSPS) is 11.3. The van der Waals surface area contributed by atoms with Crippen LogP contribution in [-0.4, -0.2) is 31.4 Å². The van der Waals surface area contributed by atoms with Gasteiger partial charge >= 0.3 is 0 Å². The van der Waals surface area contributed by atoms with Crippen LogP contribution in [0.3, 0.4) is 0 Å². The number of aryl methyl sites for hydroxylation is 2. The molecule has 3 heterocycles. The first-order valence-corrected chi connectivity index (χ1v) is 10.9. The fourth-order valence-corrected chi connectivity index (χ4v) is 3.59. The number of nitrogens with zero attached hydrogens (tertiary/aromatic N) is 6. The van der Waals surface area contributed by atoms with Gasteiger partial charge in [-0.1, -0.05) is 17.7 Å². The third-order valence-corrected chi connectivity index (χ3v) is 5.40. The van der Waals surface area contributed by atoms with Gasteiger partial charge in [0, 0.05) is 22.9 Å². The third kappa shape index (κ3) is 4.59. The van der Waals surface area contributed by atoms with Gasteiger partial charge in [0.05, 0.1) is 11.1 Å². The molecular weight excluding hydrogens is 464 g/mol. The topological polar surface area (TPSA) is 157 Å². The molecule has 3 aromatic heterocycles. The van der Waals surface area contributed by atoms with Gasteiger partial charge in [0.15, 0.2) is 11.6 Å². The van der Waals surface area contributed by atoms with E-state index in [1.165, 1.54) is 6.21 Å². The molecule has 0 radical (unpaired) electrons. The average Bonchev–Trinajstić information content (AvgIpc) is 3.51. The molecular formula is C24H20N8O4. The number of rotatable bonds is 7. The van der Waals surface area contributed by atoms with Crippen molar-refractivity contribution in [2.24, 2.45) is 5.10 Å². The first-order chi connectivity index (χ1) is 17.4. The predicted octanol–water partition coefficient (Wildman–Crippen LogP) is 5.30. The van der Waals surface area contributed by atoms with Gasteiger partial charge in [0.1, 0.15) is 11.5 Å². The molecule has 0 fully saturated rings. The van der Waals surface area contributed by atoms with Crippen LogP contribution in [0.25, 0.3) is 22.6 Å². The fourth-order valence-electron chi connectivity index (χ4n) is 3.59. The van der Waals surface area contributed by atoms with Crippen LogP contribution < -0.4 is 10.7 Å². The number of aromatic nitrogens is 4. The van der Waals surface area contributed by atoms with Crippen molar-refractivity contribution in [1.29, 1.82) is 0 Å². The molecule has 0 unspecified atom stereocenters. The van der Waals surface area contributed by atoms with E-state index in [9.17, 15) is 10.1 Å². The number of hydrazone groups is 1. The quantitative estimate of drug-likeness (QED) is 0.176. The van der Waals surface area contributed by atoms with Crippen molar-refractivity contribution in [2.45, 2.75) is 20.8 Å². The summed E-state index contributed by atoms with van der Waals surface area (Å²) in [4.78, 5) is 19.8. The molecule has 0 aliphatic carbocycles. The molecule has 5 aromatic rings. The van der Waals surface area contributed by atoms with Crippen LogP contribution in [0.15, 0.2) is 62.7 Å². The Morgan fingerprint density at radius 3 is 2.39 bits per heavy atom. The second kappa shape index (κ2) is 9.25. The molecule has 36 heavy (non-hydrogen) atoms. The number of nitrogens with one attached hydrogen (secondary N) is 2. The van der Waals surface area contributed by atoms with Crippen molar-refractivity contribution in [3.8, 4) is 11.3 Å². The highest BCUT2D eigenvalue weighted by molar-refractivity contribution is 5.81. The van der Waals surface area contributed by atoms with Crippen LogP contribution in [0.2, 0.25) is 0 Å². The Hall–Kier alpha value is -5.13. The van der Waals surface area contributed by atoms with Crippen molar-refractivity contribution in [2.75, 3.05) is 10.7 Å². The molecule has 0 atom stereocenters. The molecule has 0 amide bonds. The van der Waals surface area contributed by atoms with Crippen molar-refractivity contribution in [3.05, 3.63) is 81.1 Å². The number of hydrogen-bond donors (Lipinski definition) is 2. The summed E-state index contributed by atoms with van der Waals surface area (Å²) in [6.07, 6.45) is 1.46. The number of furan rings is 1. The predicted molar refractivity (Wildman–Crippen MR) is 133 cm³/mol. The van der Waals surface area contributed by atoms with E-state index < -0.39 is 4.92 Å². The average molecular weight is 484 g/mol.